The van der Waals surface area contributed by atoms with Crippen LogP contribution in [0.15, 0.2) is 24.3 Å². The molecule has 1 aliphatic carbocycles. The van der Waals surface area contributed by atoms with Crippen LogP contribution in [0.4, 0.5) is 0 Å². The molecule has 0 bridgehead atoms. The number of nitrogens with one attached hydrogen (secondary N) is 1. The van der Waals surface area contributed by atoms with Crippen molar-refractivity contribution in [3.05, 3.63) is 29.8 Å². The van der Waals surface area contributed by atoms with E-state index in [0.717, 1.165) is 36.6 Å². The van der Waals surface area contributed by atoms with Crippen LogP contribution in [0.3, 0.4) is 0 Å². The molecule has 1 saturated heterocycles. The molecule has 2 aliphatic rings. The highest BCUT2D eigenvalue weighted by atomic mass is 16.5. The first-order valence-electron chi connectivity index (χ1n) is 7.93. The van der Waals surface area contributed by atoms with E-state index in [9.17, 15) is 4.79 Å². The molecule has 2 fully saturated rings. The lowest BCUT2D eigenvalue weighted by molar-refractivity contribution is -0.130. The van der Waals surface area contributed by atoms with Crippen LogP contribution >= 0.6 is 0 Å². The van der Waals surface area contributed by atoms with Gasteiger partial charge in [0.05, 0.1) is 13.2 Å². The molecule has 1 amide bonds. The molecule has 1 saturated carbocycles. The minimum absolute atomic E-state index is 0.0173. The Bertz CT molecular complexity index is 513. The Hall–Kier alpha value is -1.55. The Labute approximate surface area is 126 Å². The summed E-state index contributed by atoms with van der Waals surface area (Å²) in [6.07, 6.45) is 4.60. The van der Waals surface area contributed by atoms with Crippen LogP contribution < -0.4 is 10.1 Å². The zero-order valence-electron chi connectivity index (χ0n) is 12.8. The molecule has 1 aromatic rings. The molecule has 2 unspecified atom stereocenters. The first-order chi connectivity index (χ1) is 10.2. The Balaban J connectivity index is 1.80. The molecule has 4 nitrogen and oxygen atoms in total. The predicted octanol–water partition coefficient (Wildman–Crippen LogP) is 2.70. The van der Waals surface area contributed by atoms with Crippen LogP contribution in [0.25, 0.3) is 0 Å². The number of carbonyl (C=O) groups is 1. The van der Waals surface area contributed by atoms with Crippen LogP contribution in [0.5, 0.6) is 5.75 Å². The van der Waals surface area contributed by atoms with Gasteiger partial charge in [-0.15, -0.1) is 0 Å². The Morgan fingerprint density at radius 2 is 2.19 bits per heavy atom. The predicted molar refractivity (Wildman–Crippen MR) is 82.0 cm³/mol. The van der Waals surface area contributed by atoms with E-state index in [1.54, 1.807) is 7.11 Å². The molecule has 1 aromatic carbocycles. The summed E-state index contributed by atoms with van der Waals surface area (Å²) >= 11 is 0. The monoisotopic (exact) mass is 288 g/mol. The quantitative estimate of drug-likeness (QED) is 0.875. The highest BCUT2D eigenvalue weighted by Gasteiger charge is 2.39. The average Bonchev–Trinajstić information content (AvgIpc) is 3.29. The second-order valence-corrected chi connectivity index (χ2v) is 6.07. The van der Waals surface area contributed by atoms with E-state index in [2.05, 4.69) is 18.3 Å². The minimum atomic E-state index is -0.0552. The van der Waals surface area contributed by atoms with Crippen LogP contribution in [0.1, 0.15) is 44.3 Å². The van der Waals surface area contributed by atoms with Crippen LogP contribution in [0.2, 0.25) is 0 Å². The van der Waals surface area contributed by atoms with Crippen LogP contribution in [0, 0.1) is 5.92 Å². The van der Waals surface area contributed by atoms with Crippen LogP contribution in [-0.4, -0.2) is 30.5 Å². The van der Waals surface area contributed by atoms with E-state index in [0.29, 0.717) is 0 Å². The highest BCUT2D eigenvalue weighted by Crippen LogP contribution is 2.35. The lowest BCUT2D eigenvalue weighted by Crippen LogP contribution is -2.32. The van der Waals surface area contributed by atoms with Gasteiger partial charge in [-0.05, 0) is 36.5 Å². The van der Waals surface area contributed by atoms with Gasteiger partial charge in [0.1, 0.15) is 11.9 Å². The molecule has 1 N–H and O–H groups in total. The first kappa shape index (κ1) is 14.4. The summed E-state index contributed by atoms with van der Waals surface area (Å²) in [6, 6.07) is 7.95. The van der Waals surface area contributed by atoms with Gasteiger partial charge in [0.15, 0.2) is 0 Å². The third-order valence-corrected chi connectivity index (χ3v) is 4.54. The standard InChI is InChI=1S/C17H24N2O2/c1-3-15-17(20)19(10-9-12-7-8-12)16(18-15)13-5-4-6-14(11-13)21-2/h4-6,11-12,15-16,18H,3,7-10H2,1-2H3. The third-order valence-electron chi connectivity index (χ3n) is 4.54. The van der Waals surface area contributed by atoms with Crippen molar-refractivity contribution in [2.45, 2.75) is 44.8 Å². The van der Waals surface area contributed by atoms with Crippen LogP contribution in [-0.2, 0) is 4.79 Å². The highest BCUT2D eigenvalue weighted by molar-refractivity contribution is 5.84. The average molecular weight is 288 g/mol. The fraction of sp³-hybridized carbons (Fsp3) is 0.588. The second kappa shape index (κ2) is 6.06. The van der Waals surface area contributed by atoms with Crippen molar-refractivity contribution in [2.24, 2.45) is 5.92 Å². The van der Waals surface area contributed by atoms with E-state index >= 15 is 0 Å². The molecule has 21 heavy (non-hydrogen) atoms. The largest absolute Gasteiger partial charge is 0.497 e. The summed E-state index contributed by atoms with van der Waals surface area (Å²) in [5, 5.41) is 3.47. The fourth-order valence-electron chi connectivity index (χ4n) is 3.03. The number of nitrogens with zero attached hydrogens (tertiary/aromatic N) is 1. The molecular formula is C17H24N2O2. The molecule has 114 valence electrons. The number of benzene rings is 1. The van der Waals surface area contributed by atoms with Crippen molar-refractivity contribution >= 4 is 5.91 Å². The number of hydrogen-bond acceptors (Lipinski definition) is 3. The van der Waals surface area contributed by atoms with Crippen molar-refractivity contribution in [1.29, 1.82) is 0 Å². The molecule has 0 spiro atoms. The number of carbonyl (C=O) groups excluding carboxylic acids is 1. The molecular weight excluding hydrogens is 264 g/mol. The Kier molecular flexibility index (Phi) is 4.15. The van der Waals surface area contributed by atoms with Gasteiger partial charge in [0.25, 0.3) is 0 Å². The molecule has 0 radical (unpaired) electrons. The van der Waals surface area contributed by atoms with Crippen molar-refractivity contribution in [3.8, 4) is 5.75 Å². The number of amides is 1. The summed E-state index contributed by atoms with van der Waals surface area (Å²) in [4.78, 5) is 14.6. The van der Waals surface area contributed by atoms with Gasteiger partial charge in [-0.3, -0.25) is 10.1 Å². The topological polar surface area (TPSA) is 41.6 Å². The molecule has 1 aliphatic heterocycles. The zero-order valence-corrected chi connectivity index (χ0v) is 12.8. The lowest BCUT2D eigenvalue weighted by Gasteiger charge is -2.25. The Morgan fingerprint density at radius 3 is 2.86 bits per heavy atom. The van der Waals surface area contributed by atoms with Gasteiger partial charge in [-0.25, -0.2) is 0 Å². The molecule has 3 rings (SSSR count). The summed E-state index contributed by atoms with van der Waals surface area (Å²) in [5.74, 6) is 1.92. The van der Waals surface area contributed by atoms with E-state index < -0.39 is 0 Å². The number of rotatable bonds is 6. The van der Waals surface area contributed by atoms with Gasteiger partial charge in [0.2, 0.25) is 5.91 Å². The number of methoxy groups -OCH3 is 1. The molecule has 4 heteroatoms. The maximum atomic E-state index is 12.5. The Morgan fingerprint density at radius 1 is 1.38 bits per heavy atom. The van der Waals surface area contributed by atoms with E-state index in [1.807, 2.05) is 23.1 Å². The smallest absolute Gasteiger partial charge is 0.241 e. The third kappa shape index (κ3) is 3.05. The van der Waals surface area contributed by atoms with E-state index in [4.69, 9.17) is 4.74 Å². The number of hydrogen-bond donors (Lipinski definition) is 1. The summed E-state index contributed by atoms with van der Waals surface area (Å²) in [6.45, 7) is 2.91. The van der Waals surface area contributed by atoms with Crippen molar-refractivity contribution in [2.75, 3.05) is 13.7 Å². The van der Waals surface area contributed by atoms with Gasteiger partial charge < -0.3 is 9.64 Å². The van der Waals surface area contributed by atoms with E-state index in [1.165, 1.54) is 12.8 Å². The van der Waals surface area contributed by atoms with Gasteiger partial charge >= 0.3 is 0 Å². The lowest BCUT2D eigenvalue weighted by atomic mass is 10.1. The summed E-state index contributed by atoms with van der Waals surface area (Å²) < 4.78 is 5.31. The first-order valence-corrected chi connectivity index (χ1v) is 7.93. The van der Waals surface area contributed by atoms with Crippen molar-refractivity contribution < 1.29 is 9.53 Å². The maximum absolute atomic E-state index is 12.5. The van der Waals surface area contributed by atoms with Gasteiger partial charge in [0, 0.05) is 6.54 Å². The molecule has 0 aromatic heterocycles. The van der Waals surface area contributed by atoms with Gasteiger partial charge in [-0.1, -0.05) is 31.9 Å². The molecule has 2 atom stereocenters. The summed E-state index contributed by atoms with van der Waals surface area (Å²) in [7, 11) is 1.67. The number of ether oxygens (including phenoxy) is 1. The SMILES string of the molecule is CCC1NC(c2cccc(OC)c2)N(CCC2CC2)C1=O. The minimum Gasteiger partial charge on any atom is -0.497 e. The second-order valence-electron chi connectivity index (χ2n) is 6.07. The molecule has 1 heterocycles. The van der Waals surface area contributed by atoms with E-state index in [-0.39, 0.29) is 18.1 Å². The van der Waals surface area contributed by atoms with Crippen molar-refractivity contribution in [1.82, 2.24) is 10.2 Å². The maximum Gasteiger partial charge on any atom is 0.241 e. The van der Waals surface area contributed by atoms with Gasteiger partial charge in [-0.2, -0.15) is 0 Å². The summed E-state index contributed by atoms with van der Waals surface area (Å²) in [5.41, 5.74) is 1.11. The normalized spacial score (nSPS) is 25.4. The fourth-order valence-corrected chi connectivity index (χ4v) is 3.03. The van der Waals surface area contributed by atoms with Crippen molar-refractivity contribution in [3.63, 3.8) is 0 Å². The zero-order chi connectivity index (χ0) is 14.8.